The van der Waals surface area contributed by atoms with Crippen molar-refractivity contribution in [1.29, 1.82) is 0 Å². The number of aryl methyl sites for hydroxylation is 1. The molecule has 3 nitrogen and oxygen atoms in total. The summed E-state index contributed by atoms with van der Waals surface area (Å²) in [6, 6.07) is 12.1. The van der Waals surface area contributed by atoms with Gasteiger partial charge in [-0.05, 0) is 37.3 Å². The lowest BCUT2D eigenvalue weighted by atomic mass is 10.2. The molecule has 0 heterocycles. The second kappa shape index (κ2) is 9.55. The van der Waals surface area contributed by atoms with E-state index in [2.05, 4.69) is 5.32 Å². The molecule has 6 heteroatoms. The van der Waals surface area contributed by atoms with Crippen LogP contribution in [0.2, 0.25) is 5.02 Å². The highest BCUT2D eigenvalue weighted by atomic mass is 35.5. The number of ether oxygens (including phenoxy) is 1. The van der Waals surface area contributed by atoms with E-state index in [1.54, 1.807) is 11.8 Å². The molecule has 0 saturated carbocycles. The van der Waals surface area contributed by atoms with Crippen molar-refractivity contribution in [3.05, 3.63) is 58.9 Å². The minimum atomic E-state index is -0.532. The van der Waals surface area contributed by atoms with Gasteiger partial charge in [0.2, 0.25) is 5.91 Å². The Morgan fingerprint density at radius 1 is 1.21 bits per heavy atom. The summed E-state index contributed by atoms with van der Waals surface area (Å²) >= 11 is 7.29. The van der Waals surface area contributed by atoms with E-state index < -0.39 is 5.82 Å². The summed E-state index contributed by atoms with van der Waals surface area (Å²) in [6.45, 7) is 2.61. The van der Waals surface area contributed by atoms with Gasteiger partial charge < -0.3 is 10.1 Å². The van der Waals surface area contributed by atoms with E-state index in [1.807, 2.05) is 31.2 Å². The van der Waals surface area contributed by atoms with Crippen LogP contribution in [0.4, 0.5) is 10.1 Å². The molecule has 0 fully saturated rings. The summed E-state index contributed by atoms with van der Waals surface area (Å²) in [5.74, 6) is 1.53. The van der Waals surface area contributed by atoms with Gasteiger partial charge in [-0.25, -0.2) is 4.39 Å². The average Bonchev–Trinajstić information content (AvgIpc) is 2.55. The van der Waals surface area contributed by atoms with Crippen LogP contribution in [0.1, 0.15) is 12.0 Å². The quantitative estimate of drug-likeness (QED) is 0.672. The SMILES string of the molecule is Cc1ccc(OCCSCCC(=O)Nc2ccc(Cl)cc2F)cc1. The van der Waals surface area contributed by atoms with Gasteiger partial charge >= 0.3 is 0 Å². The molecule has 0 aliphatic carbocycles. The van der Waals surface area contributed by atoms with Crippen LogP contribution in [0, 0.1) is 12.7 Å². The lowest BCUT2D eigenvalue weighted by Crippen LogP contribution is -2.13. The first-order valence-corrected chi connectivity index (χ1v) is 9.10. The predicted molar refractivity (Wildman–Crippen MR) is 98.7 cm³/mol. The minimum Gasteiger partial charge on any atom is -0.493 e. The molecule has 128 valence electrons. The van der Waals surface area contributed by atoms with E-state index in [4.69, 9.17) is 16.3 Å². The Bertz CT molecular complexity index is 679. The third-order valence-electron chi connectivity index (χ3n) is 3.20. The summed E-state index contributed by atoms with van der Waals surface area (Å²) in [6.07, 6.45) is 0.317. The number of benzene rings is 2. The number of halogens is 2. The van der Waals surface area contributed by atoms with Crippen LogP contribution < -0.4 is 10.1 Å². The fraction of sp³-hybridized carbons (Fsp3) is 0.278. The van der Waals surface area contributed by atoms with Gasteiger partial charge in [0.15, 0.2) is 0 Å². The summed E-state index contributed by atoms with van der Waals surface area (Å²) < 4.78 is 19.2. The number of hydrogen-bond acceptors (Lipinski definition) is 3. The minimum absolute atomic E-state index is 0.150. The largest absolute Gasteiger partial charge is 0.493 e. The van der Waals surface area contributed by atoms with Gasteiger partial charge in [0, 0.05) is 22.9 Å². The first kappa shape index (κ1) is 18.6. The van der Waals surface area contributed by atoms with Gasteiger partial charge in [-0.15, -0.1) is 0 Å². The van der Waals surface area contributed by atoms with E-state index in [0.29, 0.717) is 23.8 Å². The average molecular weight is 368 g/mol. The normalized spacial score (nSPS) is 10.5. The van der Waals surface area contributed by atoms with E-state index in [9.17, 15) is 9.18 Å². The number of carbonyl (C=O) groups is 1. The monoisotopic (exact) mass is 367 g/mol. The van der Waals surface area contributed by atoms with E-state index in [1.165, 1.54) is 23.8 Å². The second-order valence-electron chi connectivity index (χ2n) is 5.20. The number of thioether (sulfide) groups is 1. The Balaban J connectivity index is 1.60. The van der Waals surface area contributed by atoms with E-state index in [-0.39, 0.29) is 11.6 Å². The summed E-state index contributed by atoms with van der Waals surface area (Å²) in [5.41, 5.74) is 1.34. The molecule has 0 aliphatic rings. The highest BCUT2D eigenvalue weighted by Gasteiger charge is 2.07. The Labute approximate surface area is 150 Å². The Morgan fingerprint density at radius 2 is 1.96 bits per heavy atom. The predicted octanol–water partition coefficient (Wildman–Crippen LogP) is 4.93. The number of rotatable bonds is 8. The molecule has 0 bridgehead atoms. The molecule has 2 aromatic rings. The molecule has 0 aliphatic heterocycles. The number of nitrogens with one attached hydrogen (secondary N) is 1. The van der Waals surface area contributed by atoms with Gasteiger partial charge in [-0.1, -0.05) is 29.3 Å². The van der Waals surface area contributed by atoms with Crippen LogP contribution in [0.3, 0.4) is 0 Å². The molecule has 0 atom stereocenters. The first-order chi connectivity index (χ1) is 11.5. The van der Waals surface area contributed by atoms with Crippen LogP contribution in [-0.4, -0.2) is 24.0 Å². The number of hydrogen-bond donors (Lipinski definition) is 1. The van der Waals surface area contributed by atoms with Crippen molar-refractivity contribution in [2.45, 2.75) is 13.3 Å². The summed E-state index contributed by atoms with van der Waals surface area (Å²) in [5, 5.41) is 2.84. The highest BCUT2D eigenvalue weighted by Crippen LogP contribution is 2.19. The maximum Gasteiger partial charge on any atom is 0.225 e. The van der Waals surface area contributed by atoms with Crippen molar-refractivity contribution < 1.29 is 13.9 Å². The number of anilines is 1. The Hall–Kier alpha value is -1.72. The molecule has 2 rings (SSSR count). The molecule has 2 aromatic carbocycles. The molecule has 0 radical (unpaired) electrons. The van der Waals surface area contributed by atoms with Crippen LogP contribution in [-0.2, 0) is 4.79 Å². The standard InChI is InChI=1S/C18H19ClFNO2S/c1-13-2-5-15(6-3-13)23-9-11-24-10-8-18(22)21-17-7-4-14(19)12-16(17)20/h2-7,12H,8-11H2,1H3,(H,21,22). The summed E-state index contributed by atoms with van der Waals surface area (Å²) in [7, 11) is 0. The third-order valence-corrected chi connectivity index (χ3v) is 4.38. The lowest BCUT2D eigenvalue weighted by molar-refractivity contribution is -0.115. The number of amides is 1. The molecule has 0 unspecified atom stereocenters. The fourth-order valence-electron chi connectivity index (χ4n) is 1.92. The molecule has 0 aromatic heterocycles. The number of carbonyl (C=O) groups excluding carboxylic acids is 1. The van der Waals surface area contributed by atoms with Crippen LogP contribution >= 0.6 is 23.4 Å². The van der Waals surface area contributed by atoms with Crippen LogP contribution in [0.5, 0.6) is 5.75 Å². The lowest BCUT2D eigenvalue weighted by Gasteiger charge is -2.08. The third kappa shape index (κ3) is 6.42. The molecule has 0 saturated heterocycles. The van der Waals surface area contributed by atoms with Gasteiger partial charge in [-0.3, -0.25) is 4.79 Å². The Kier molecular flexibility index (Phi) is 7.40. The smallest absolute Gasteiger partial charge is 0.225 e. The zero-order valence-corrected chi connectivity index (χ0v) is 14.9. The molecule has 1 N–H and O–H groups in total. The van der Waals surface area contributed by atoms with Crippen LogP contribution in [0.25, 0.3) is 0 Å². The zero-order valence-electron chi connectivity index (χ0n) is 13.4. The van der Waals surface area contributed by atoms with E-state index in [0.717, 1.165) is 11.5 Å². The summed E-state index contributed by atoms with van der Waals surface area (Å²) in [4.78, 5) is 11.8. The topological polar surface area (TPSA) is 38.3 Å². The van der Waals surface area contributed by atoms with Crippen molar-refractivity contribution in [3.8, 4) is 5.75 Å². The maximum atomic E-state index is 13.6. The van der Waals surface area contributed by atoms with Gasteiger partial charge in [0.25, 0.3) is 0 Å². The maximum absolute atomic E-state index is 13.6. The van der Waals surface area contributed by atoms with Gasteiger partial charge in [-0.2, -0.15) is 11.8 Å². The second-order valence-corrected chi connectivity index (χ2v) is 6.86. The van der Waals surface area contributed by atoms with Crippen molar-refractivity contribution in [2.75, 3.05) is 23.4 Å². The van der Waals surface area contributed by atoms with E-state index >= 15 is 0 Å². The fourth-order valence-corrected chi connectivity index (χ4v) is 2.82. The zero-order chi connectivity index (χ0) is 17.4. The van der Waals surface area contributed by atoms with Crippen LogP contribution in [0.15, 0.2) is 42.5 Å². The van der Waals surface area contributed by atoms with Gasteiger partial charge in [0.05, 0.1) is 12.3 Å². The van der Waals surface area contributed by atoms with Crippen molar-refractivity contribution in [2.24, 2.45) is 0 Å². The van der Waals surface area contributed by atoms with Crippen molar-refractivity contribution in [1.82, 2.24) is 0 Å². The molecule has 0 spiro atoms. The molecular weight excluding hydrogens is 349 g/mol. The van der Waals surface area contributed by atoms with Crippen molar-refractivity contribution in [3.63, 3.8) is 0 Å². The molecular formula is C18H19ClFNO2S. The van der Waals surface area contributed by atoms with Gasteiger partial charge in [0.1, 0.15) is 11.6 Å². The van der Waals surface area contributed by atoms with Crippen molar-refractivity contribution >= 4 is 35.0 Å². The first-order valence-electron chi connectivity index (χ1n) is 7.57. The highest BCUT2D eigenvalue weighted by molar-refractivity contribution is 7.99. The molecule has 1 amide bonds. The molecule has 24 heavy (non-hydrogen) atoms. The Morgan fingerprint density at radius 3 is 2.67 bits per heavy atom.